The first-order valence-corrected chi connectivity index (χ1v) is 11.5. The molecule has 1 aromatic carbocycles. The lowest BCUT2D eigenvalue weighted by Crippen LogP contribution is -2.44. The summed E-state index contributed by atoms with van der Waals surface area (Å²) >= 11 is 0. The average molecular weight is 416 g/mol. The summed E-state index contributed by atoms with van der Waals surface area (Å²) in [5, 5.41) is 18.5. The molecule has 0 bridgehead atoms. The van der Waals surface area contributed by atoms with E-state index in [0.717, 1.165) is 37.3 Å². The van der Waals surface area contributed by atoms with Crippen molar-refractivity contribution < 1.29 is 4.74 Å². The fourth-order valence-corrected chi connectivity index (χ4v) is 5.28. The Morgan fingerprint density at radius 1 is 1.03 bits per heavy atom. The van der Waals surface area contributed by atoms with Gasteiger partial charge in [-0.15, -0.1) is 0 Å². The van der Waals surface area contributed by atoms with Crippen LogP contribution in [0.2, 0.25) is 0 Å². The van der Waals surface area contributed by atoms with Crippen LogP contribution < -0.4 is 4.90 Å². The standard InChI is InChI=1S/C27H33N3O/c1-18-12-20(21(16-28)17-29)15-22(31-18)7-6-19-13-23-25-24(14-19)27(4,5)9-11-30(25)10-8-26(23,2)3/h13-15,18H,6-12H2,1-5H3. The van der Waals surface area contributed by atoms with Gasteiger partial charge in [0.15, 0.2) is 0 Å². The van der Waals surface area contributed by atoms with Gasteiger partial charge >= 0.3 is 0 Å². The highest BCUT2D eigenvalue weighted by atomic mass is 16.5. The number of nitriles is 2. The summed E-state index contributed by atoms with van der Waals surface area (Å²) in [7, 11) is 0. The van der Waals surface area contributed by atoms with Crippen LogP contribution in [0.25, 0.3) is 0 Å². The van der Waals surface area contributed by atoms with Crippen molar-refractivity contribution in [2.75, 3.05) is 18.0 Å². The van der Waals surface area contributed by atoms with Gasteiger partial charge in [0.05, 0.1) is 11.9 Å². The van der Waals surface area contributed by atoms with E-state index in [0.29, 0.717) is 6.42 Å². The van der Waals surface area contributed by atoms with Gasteiger partial charge in [0.25, 0.3) is 0 Å². The van der Waals surface area contributed by atoms with E-state index >= 15 is 0 Å². The molecule has 3 aliphatic rings. The van der Waals surface area contributed by atoms with Crippen LogP contribution >= 0.6 is 0 Å². The zero-order valence-corrected chi connectivity index (χ0v) is 19.5. The lowest BCUT2D eigenvalue weighted by Gasteiger charge is -2.48. The number of rotatable bonds is 3. The lowest BCUT2D eigenvalue weighted by molar-refractivity contribution is 0.116. The SMILES string of the molecule is CC1CC(=C(C#N)C#N)C=C(CCc2cc3c4c(c2)C(C)(C)CCN4CCC3(C)C)O1. The summed E-state index contributed by atoms with van der Waals surface area (Å²) in [6.45, 7) is 13.8. The predicted molar refractivity (Wildman–Crippen MR) is 124 cm³/mol. The van der Waals surface area contributed by atoms with Gasteiger partial charge in [-0.2, -0.15) is 10.5 Å². The molecule has 162 valence electrons. The second-order valence-corrected chi connectivity index (χ2v) is 10.7. The molecule has 3 heterocycles. The van der Waals surface area contributed by atoms with Crippen LogP contribution in [0.4, 0.5) is 5.69 Å². The third kappa shape index (κ3) is 3.97. The highest BCUT2D eigenvalue weighted by molar-refractivity contribution is 5.68. The molecule has 4 nitrogen and oxygen atoms in total. The summed E-state index contributed by atoms with van der Waals surface area (Å²) < 4.78 is 6.06. The summed E-state index contributed by atoms with van der Waals surface area (Å²) in [4.78, 5) is 2.60. The van der Waals surface area contributed by atoms with Gasteiger partial charge in [0.1, 0.15) is 17.7 Å². The maximum atomic E-state index is 9.25. The van der Waals surface area contributed by atoms with Crippen LogP contribution in [0.1, 0.15) is 77.0 Å². The lowest BCUT2D eigenvalue weighted by atomic mass is 9.69. The fraction of sp³-hybridized carbons (Fsp3) is 0.556. The molecule has 4 rings (SSSR count). The largest absolute Gasteiger partial charge is 0.495 e. The Bertz CT molecular complexity index is 988. The van der Waals surface area contributed by atoms with E-state index in [2.05, 4.69) is 44.7 Å². The van der Waals surface area contributed by atoms with Crippen LogP contribution in [0.5, 0.6) is 0 Å². The fourth-order valence-electron chi connectivity index (χ4n) is 5.28. The van der Waals surface area contributed by atoms with E-state index < -0.39 is 0 Å². The molecule has 1 unspecified atom stereocenters. The molecule has 0 aromatic heterocycles. The minimum absolute atomic E-state index is 0.0113. The molecule has 0 saturated heterocycles. The van der Waals surface area contributed by atoms with Crippen LogP contribution in [0.15, 0.2) is 35.1 Å². The Kier molecular flexibility index (Phi) is 5.38. The number of allylic oxidation sites excluding steroid dienone is 3. The zero-order chi connectivity index (χ0) is 22.4. The van der Waals surface area contributed by atoms with Gasteiger partial charge < -0.3 is 9.64 Å². The number of aryl methyl sites for hydroxylation is 1. The number of nitrogens with zero attached hydrogens (tertiary/aromatic N) is 3. The Labute approximate surface area is 186 Å². The van der Waals surface area contributed by atoms with Crippen LogP contribution in [-0.2, 0) is 22.0 Å². The summed E-state index contributed by atoms with van der Waals surface area (Å²) in [5.41, 5.74) is 7.19. The van der Waals surface area contributed by atoms with Gasteiger partial charge in [0.2, 0.25) is 0 Å². The molecule has 0 N–H and O–H groups in total. The Morgan fingerprint density at radius 3 is 2.16 bits per heavy atom. The van der Waals surface area contributed by atoms with E-state index in [1.807, 2.05) is 25.1 Å². The third-order valence-corrected chi connectivity index (χ3v) is 7.36. The molecule has 31 heavy (non-hydrogen) atoms. The number of hydrogen-bond acceptors (Lipinski definition) is 4. The van der Waals surface area contributed by atoms with Crippen molar-refractivity contribution in [1.29, 1.82) is 10.5 Å². The molecule has 0 saturated carbocycles. The first-order chi connectivity index (χ1) is 14.6. The summed E-state index contributed by atoms with van der Waals surface area (Å²) in [5.74, 6) is 0.878. The molecule has 0 spiro atoms. The smallest absolute Gasteiger partial charge is 0.133 e. The van der Waals surface area contributed by atoms with Crippen LogP contribution in [0.3, 0.4) is 0 Å². The minimum atomic E-state index is -0.0113. The number of hydrogen-bond donors (Lipinski definition) is 0. The van der Waals surface area contributed by atoms with E-state index in [4.69, 9.17) is 4.74 Å². The van der Waals surface area contributed by atoms with Gasteiger partial charge in [0, 0.05) is 31.6 Å². The maximum Gasteiger partial charge on any atom is 0.133 e. The molecule has 0 fully saturated rings. The molecule has 4 heteroatoms. The Hall–Kier alpha value is -2.72. The highest BCUT2D eigenvalue weighted by Gasteiger charge is 2.39. The number of ether oxygens (including phenoxy) is 1. The van der Waals surface area contributed by atoms with E-state index in [1.165, 1.54) is 35.2 Å². The predicted octanol–water partition coefficient (Wildman–Crippen LogP) is 5.82. The minimum Gasteiger partial charge on any atom is -0.495 e. The van der Waals surface area contributed by atoms with Crippen molar-refractivity contribution in [1.82, 2.24) is 0 Å². The number of benzene rings is 1. The Morgan fingerprint density at radius 2 is 1.61 bits per heavy atom. The molecule has 0 amide bonds. The normalized spacial score (nSPS) is 23.1. The molecule has 3 aliphatic heterocycles. The average Bonchev–Trinajstić information content (AvgIpc) is 2.71. The maximum absolute atomic E-state index is 9.25. The van der Waals surface area contributed by atoms with E-state index in [9.17, 15) is 10.5 Å². The van der Waals surface area contributed by atoms with E-state index in [1.54, 1.807) is 0 Å². The molecular weight excluding hydrogens is 382 g/mol. The highest BCUT2D eigenvalue weighted by Crippen LogP contribution is 2.49. The van der Waals surface area contributed by atoms with Crippen LogP contribution in [-0.4, -0.2) is 19.2 Å². The van der Waals surface area contributed by atoms with Gasteiger partial charge in [-0.1, -0.05) is 39.8 Å². The second kappa shape index (κ2) is 7.76. The molecule has 1 aromatic rings. The molecule has 0 aliphatic carbocycles. The van der Waals surface area contributed by atoms with Crippen molar-refractivity contribution in [3.63, 3.8) is 0 Å². The zero-order valence-electron chi connectivity index (χ0n) is 19.5. The van der Waals surface area contributed by atoms with Gasteiger partial charge in [-0.3, -0.25) is 0 Å². The Balaban J connectivity index is 1.67. The van der Waals surface area contributed by atoms with Crippen molar-refractivity contribution in [3.05, 3.63) is 51.8 Å². The molecule has 1 atom stereocenters. The quantitative estimate of drug-likeness (QED) is 0.583. The van der Waals surface area contributed by atoms with Crippen LogP contribution in [0, 0.1) is 22.7 Å². The molecular formula is C27H33N3O. The summed E-state index contributed by atoms with van der Waals surface area (Å²) in [6.07, 6.45) is 6.57. The summed E-state index contributed by atoms with van der Waals surface area (Å²) in [6, 6.07) is 8.90. The van der Waals surface area contributed by atoms with E-state index in [-0.39, 0.29) is 22.5 Å². The first-order valence-electron chi connectivity index (χ1n) is 11.5. The number of anilines is 1. The van der Waals surface area contributed by atoms with Crippen molar-refractivity contribution >= 4 is 5.69 Å². The van der Waals surface area contributed by atoms with Crippen molar-refractivity contribution in [3.8, 4) is 12.1 Å². The monoisotopic (exact) mass is 415 g/mol. The van der Waals surface area contributed by atoms with Crippen molar-refractivity contribution in [2.45, 2.75) is 83.7 Å². The third-order valence-electron chi connectivity index (χ3n) is 7.36. The first kappa shape index (κ1) is 21.5. The van der Waals surface area contributed by atoms with Gasteiger partial charge in [-0.05, 0) is 65.4 Å². The van der Waals surface area contributed by atoms with Gasteiger partial charge in [-0.25, -0.2) is 0 Å². The van der Waals surface area contributed by atoms with Crippen molar-refractivity contribution in [2.24, 2.45) is 0 Å². The second-order valence-electron chi connectivity index (χ2n) is 10.7. The molecule has 0 radical (unpaired) electrons. The topological polar surface area (TPSA) is 60.0 Å².